The summed E-state index contributed by atoms with van der Waals surface area (Å²) < 4.78 is 3.31. The van der Waals surface area contributed by atoms with Crippen LogP contribution in [-0.4, -0.2) is 14.9 Å². The molecule has 0 spiro atoms. The van der Waals surface area contributed by atoms with Crippen molar-refractivity contribution in [3.8, 4) is 0 Å². The summed E-state index contributed by atoms with van der Waals surface area (Å²) >= 11 is 3.58. The number of anilines is 1. The highest BCUT2D eigenvalue weighted by Gasteiger charge is 2.43. The molecule has 0 bridgehead atoms. The van der Waals surface area contributed by atoms with E-state index < -0.39 is 17.2 Å². The molecule has 2 aromatic carbocycles. The lowest BCUT2D eigenvalue weighted by Crippen LogP contribution is -2.42. The van der Waals surface area contributed by atoms with Crippen LogP contribution in [-0.2, 0) is 14.1 Å². The molecule has 0 fully saturated rings. The first-order chi connectivity index (χ1) is 13.9. The van der Waals surface area contributed by atoms with E-state index in [9.17, 15) is 14.4 Å². The van der Waals surface area contributed by atoms with Crippen molar-refractivity contribution in [3.63, 3.8) is 0 Å². The van der Waals surface area contributed by atoms with Crippen molar-refractivity contribution in [1.29, 1.82) is 0 Å². The molecule has 1 aliphatic heterocycles. The summed E-state index contributed by atoms with van der Waals surface area (Å²) in [6.45, 7) is 0. The van der Waals surface area contributed by atoms with Gasteiger partial charge in [-0.3, -0.25) is 18.7 Å². The summed E-state index contributed by atoms with van der Waals surface area (Å²) in [6, 6.07) is 14.9. The van der Waals surface area contributed by atoms with Crippen LogP contribution in [0.2, 0.25) is 0 Å². The van der Waals surface area contributed by atoms with E-state index in [1.807, 2.05) is 42.5 Å². The van der Waals surface area contributed by atoms with Crippen LogP contribution in [0.1, 0.15) is 33.0 Å². The lowest BCUT2D eigenvalue weighted by molar-refractivity contribution is 0.103. The van der Waals surface area contributed by atoms with Crippen LogP contribution in [0, 0.1) is 0 Å². The van der Waals surface area contributed by atoms with Crippen LogP contribution in [0.4, 0.5) is 5.82 Å². The van der Waals surface area contributed by atoms with E-state index in [4.69, 9.17) is 0 Å². The summed E-state index contributed by atoms with van der Waals surface area (Å²) in [7, 11) is 3.08. The zero-order valence-electron chi connectivity index (χ0n) is 15.7. The Kier molecular flexibility index (Phi) is 3.79. The third-order valence-electron chi connectivity index (χ3n) is 5.69. The van der Waals surface area contributed by atoms with Crippen molar-refractivity contribution in [1.82, 2.24) is 9.13 Å². The maximum Gasteiger partial charge on any atom is 0.332 e. The van der Waals surface area contributed by atoms with Gasteiger partial charge in [-0.25, -0.2) is 4.79 Å². The van der Waals surface area contributed by atoms with E-state index in [0.717, 1.165) is 20.2 Å². The highest BCUT2D eigenvalue weighted by molar-refractivity contribution is 9.10. The molecule has 1 aromatic heterocycles. The molecule has 0 saturated carbocycles. The summed E-state index contributed by atoms with van der Waals surface area (Å²) in [5, 5.41) is 3.24. The second-order valence-electron chi connectivity index (χ2n) is 7.21. The fraction of sp³-hybridized carbons (Fsp3) is 0.136. The summed E-state index contributed by atoms with van der Waals surface area (Å²) in [5.74, 6) is -0.283. The number of Topliss-reactive ketones (excluding diaryl/α,β-unsaturated/α-hetero) is 1. The molecule has 2 heterocycles. The van der Waals surface area contributed by atoms with Crippen LogP contribution in [0.3, 0.4) is 0 Å². The molecule has 7 heteroatoms. The maximum absolute atomic E-state index is 13.4. The van der Waals surface area contributed by atoms with Gasteiger partial charge in [-0.05, 0) is 11.6 Å². The third-order valence-corrected chi connectivity index (χ3v) is 6.41. The molecule has 1 aliphatic carbocycles. The Morgan fingerprint density at radius 2 is 1.55 bits per heavy atom. The van der Waals surface area contributed by atoms with Crippen molar-refractivity contribution in [3.05, 3.63) is 102 Å². The summed E-state index contributed by atoms with van der Waals surface area (Å²) in [4.78, 5) is 39.2. The number of benzene rings is 2. The molecule has 0 amide bonds. The van der Waals surface area contributed by atoms with E-state index in [0.29, 0.717) is 28.2 Å². The Hall–Kier alpha value is -3.19. The number of aromatic nitrogens is 2. The number of halogens is 1. The van der Waals surface area contributed by atoms with Gasteiger partial charge in [0.1, 0.15) is 5.82 Å². The first kappa shape index (κ1) is 17.9. The van der Waals surface area contributed by atoms with E-state index in [2.05, 4.69) is 21.2 Å². The van der Waals surface area contributed by atoms with Crippen molar-refractivity contribution in [2.75, 3.05) is 5.32 Å². The molecule has 3 aromatic rings. The number of ketones is 1. The fourth-order valence-electron chi connectivity index (χ4n) is 4.28. The van der Waals surface area contributed by atoms with Crippen LogP contribution in [0.5, 0.6) is 0 Å². The maximum atomic E-state index is 13.4. The first-order valence-electron chi connectivity index (χ1n) is 9.11. The number of rotatable bonds is 1. The van der Waals surface area contributed by atoms with Crippen LogP contribution < -0.4 is 16.6 Å². The molecule has 144 valence electrons. The Bertz CT molecular complexity index is 1380. The number of nitrogens with one attached hydrogen (secondary N) is 1. The Balaban J connectivity index is 1.92. The number of allylic oxidation sites excluding steroid dienone is 1. The van der Waals surface area contributed by atoms with Crippen molar-refractivity contribution in [2.24, 2.45) is 14.1 Å². The number of hydrogen-bond donors (Lipinski definition) is 1. The largest absolute Gasteiger partial charge is 0.340 e. The molecule has 5 rings (SSSR count). The minimum Gasteiger partial charge on any atom is -0.340 e. The van der Waals surface area contributed by atoms with Gasteiger partial charge in [-0.2, -0.15) is 0 Å². The molecule has 0 radical (unpaired) electrons. The van der Waals surface area contributed by atoms with Crippen molar-refractivity contribution < 1.29 is 4.79 Å². The predicted octanol–water partition coefficient (Wildman–Crippen LogP) is 3.01. The molecule has 6 nitrogen and oxygen atoms in total. The first-order valence-corrected chi connectivity index (χ1v) is 9.90. The molecule has 0 saturated heterocycles. The second-order valence-corrected chi connectivity index (χ2v) is 8.07. The minimum atomic E-state index is -0.595. The van der Waals surface area contributed by atoms with Gasteiger partial charge in [-0.1, -0.05) is 58.4 Å². The van der Waals surface area contributed by atoms with E-state index in [1.54, 1.807) is 13.1 Å². The van der Waals surface area contributed by atoms with Gasteiger partial charge in [0.25, 0.3) is 5.56 Å². The molecule has 29 heavy (non-hydrogen) atoms. The van der Waals surface area contributed by atoms with Crippen LogP contribution in [0.15, 0.2) is 68.2 Å². The monoisotopic (exact) mass is 449 g/mol. The molecule has 0 unspecified atom stereocenters. The van der Waals surface area contributed by atoms with Crippen molar-refractivity contribution in [2.45, 2.75) is 5.92 Å². The zero-order chi connectivity index (χ0) is 20.4. The zero-order valence-corrected chi connectivity index (χ0v) is 17.3. The summed E-state index contributed by atoms with van der Waals surface area (Å²) in [6.07, 6.45) is 0. The number of nitrogens with zero attached hydrogens (tertiary/aromatic N) is 2. The van der Waals surface area contributed by atoms with Gasteiger partial charge in [0.05, 0.1) is 17.2 Å². The fourth-order valence-corrected chi connectivity index (χ4v) is 4.79. The van der Waals surface area contributed by atoms with Gasteiger partial charge < -0.3 is 5.32 Å². The lowest BCUT2D eigenvalue weighted by atomic mass is 9.81. The molecular formula is C22H16BrN3O3. The number of carbonyl (C=O) groups is 1. The molecule has 1 N–H and O–H groups in total. The quantitative estimate of drug-likeness (QED) is 0.619. The second kappa shape index (κ2) is 6.15. The molecule has 2 aliphatic rings. The van der Waals surface area contributed by atoms with Crippen LogP contribution in [0.25, 0.3) is 5.70 Å². The Labute approximate surface area is 174 Å². The van der Waals surface area contributed by atoms with E-state index >= 15 is 0 Å². The smallest absolute Gasteiger partial charge is 0.332 e. The van der Waals surface area contributed by atoms with Crippen molar-refractivity contribution >= 4 is 33.2 Å². The number of fused-ring (bicyclic) bond motifs is 3. The molecule has 1 atom stereocenters. The Morgan fingerprint density at radius 3 is 2.28 bits per heavy atom. The Morgan fingerprint density at radius 1 is 0.897 bits per heavy atom. The normalized spacial score (nSPS) is 16.9. The lowest BCUT2D eigenvalue weighted by Gasteiger charge is -2.30. The standard InChI is InChI=1S/C22H16BrN3O3/c1-25-20-17(21(28)26(2)22(25)29)15(13-9-5-6-10-14(13)23)16-18(24-20)11-7-3-4-8-12(11)19(16)27/h3-10,15,24H,1-2H3/t15-/m0/s1. The third kappa shape index (κ3) is 2.31. The van der Waals surface area contributed by atoms with E-state index in [-0.39, 0.29) is 5.78 Å². The van der Waals surface area contributed by atoms with Gasteiger partial charge in [-0.15, -0.1) is 0 Å². The summed E-state index contributed by atoms with van der Waals surface area (Å²) in [5.41, 5.74) is 2.92. The topological polar surface area (TPSA) is 73.1 Å². The average Bonchev–Trinajstić information content (AvgIpc) is 3.02. The SMILES string of the molecule is Cn1c2c(c(=O)n(C)c1=O)[C@@H](c1ccccc1Br)C1=C(N2)c2ccccc2C1=O. The van der Waals surface area contributed by atoms with Gasteiger partial charge >= 0.3 is 5.69 Å². The number of hydrogen-bond acceptors (Lipinski definition) is 4. The molecular weight excluding hydrogens is 434 g/mol. The highest BCUT2D eigenvalue weighted by Crippen LogP contribution is 2.48. The van der Waals surface area contributed by atoms with Crippen LogP contribution >= 0.6 is 15.9 Å². The van der Waals surface area contributed by atoms with Gasteiger partial charge in [0.2, 0.25) is 0 Å². The van der Waals surface area contributed by atoms with E-state index in [1.165, 1.54) is 11.6 Å². The predicted molar refractivity (Wildman–Crippen MR) is 114 cm³/mol. The average molecular weight is 450 g/mol. The van der Waals surface area contributed by atoms with Gasteiger partial charge in [0.15, 0.2) is 5.78 Å². The van der Waals surface area contributed by atoms with Gasteiger partial charge in [0, 0.05) is 35.3 Å². The number of carbonyl (C=O) groups excluding carboxylic acids is 1. The highest BCUT2D eigenvalue weighted by atomic mass is 79.9. The minimum absolute atomic E-state index is 0.106.